The molecule has 1 aromatic heterocycles. The molecule has 0 saturated carbocycles. The molecule has 0 radical (unpaired) electrons. The molecule has 4 nitrogen and oxygen atoms in total. The van der Waals surface area contributed by atoms with Crippen LogP contribution in [0.1, 0.15) is 25.8 Å². The molecule has 0 aliphatic heterocycles. The van der Waals surface area contributed by atoms with E-state index in [9.17, 15) is 4.39 Å². The highest BCUT2D eigenvalue weighted by atomic mass is 19.1. The molecular formula is C14H24FN3O. The third-order valence-electron chi connectivity index (χ3n) is 2.58. The first-order chi connectivity index (χ1) is 8.99. The molecule has 1 heterocycles. The van der Waals surface area contributed by atoms with Crippen LogP contribution in [0.2, 0.25) is 0 Å². The van der Waals surface area contributed by atoms with Crippen LogP contribution in [0.3, 0.4) is 0 Å². The van der Waals surface area contributed by atoms with Gasteiger partial charge in [0.05, 0.1) is 12.8 Å². The number of halogens is 1. The highest BCUT2D eigenvalue weighted by Crippen LogP contribution is 2.16. The van der Waals surface area contributed by atoms with Gasteiger partial charge in [0.25, 0.3) is 0 Å². The number of ether oxygens (including phenoxy) is 1. The van der Waals surface area contributed by atoms with Gasteiger partial charge in [-0.05, 0) is 26.6 Å². The maximum atomic E-state index is 13.2. The molecule has 19 heavy (non-hydrogen) atoms. The summed E-state index contributed by atoms with van der Waals surface area (Å²) in [6.45, 7) is 6.20. The van der Waals surface area contributed by atoms with Crippen LogP contribution in [0, 0.1) is 5.82 Å². The number of nitrogens with one attached hydrogen (secondary N) is 1. The summed E-state index contributed by atoms with van der Waals surface area (Å²) in [5.74, 6) is 0.189. The third-order valence-corrected chi connectivity index (χ3v) is 2.58. The summed E-state index contributed by atoms with van der Waals surface area (Å²) in [6.07, 6.45) is 2.11. The van der Waals surface area contributed by atoms with Crippen molar-refractivity contribution in [2.24, 2.45) is 0 Å². The zero-order valence-electron chi connectivity index (χ0n) is 12.2. The van der Waals surface area contributed by atoms with Crippen LogP contribution >= 0.6 is 0 Å². The molecule has 1 aromatic rings. The van der Waals surface area contributed by atoms with Gasteiger partial charge in [-0.15, -0.1) is 0 Å². The summed E-state index contributed by atoms with van der Waals surface area (Å²) in [5, 5.41) is 3.24. The van der Waals surface area contributed by atoms with Gasteiger partial charge >= 0.3 is 0 Å². The standard InChI is InChI=1S/C14H24FN3O/c1-11(2)16-9-12-8-13(15)10-17-14(12)19-7-5-6-18(3)4/h8,10-11,16H,5-7,9H2,1-4H3. The van der Waals surface area contributed by atoms with Crippen molar-refractivity contribution >= 4 is 0 Å². The second-order valence-corrected chi connectivity index (χ2v) is 5.16. The fourth-order valence-corrected chi connectivity index (χ4v) is 1.59. The van der Waals surface area contributed by atoms with E-state index < -0.39 is 0 Å². The largest absolute Gasteiger partial charge is 0.477 e. The first-order valence-electron chi connectivity index (χ1n) is 6.64. The third kappa shape index (κ3) is 6.50. The van der Waals surface area contributed by atoms with Crippen molar-refractivity contribution in [3.8, 4) is 5.88 Å². The van der Waals surface area contributed by atoms with Gasteiger partial charge < -0.3 is 15.0 Å². The SMILES string of the molecule is CC(C)NCc1cc(F)cnc1OCCCN(C)C. The average Bonchev–Trinajstić information content (AvgIpc) is 2.33. The first kappa shape index (κ1) is 15.9. The Labute approximate surface area is 115 Å². The lowest BCUT2D eigenvalue weighted by Gasteiger charge is -2.14. The van der Waals surface area contributed by atoms with Crippen LogP contribution in [0.4, 0.5) is 4.39 Å². The lowest BCUT2D eigenvalue weighted by Crippen LogP contribution is -2.22. The fraction of sp³-hybridized carbons (Fsp3) is 0.643. The Morgan fingerprint density at radius 1 is 1.42 bits per heavy atom. The molecule has 0 amide bonds. The van der Waals surface area contributed by atoms with Crippen LogP contribution in [0.25, 0.3) is 0 Å². The molecule has 0 bridgehead atoms. The lowest BCUT2D eigenvalue weighted by molar-refractivity contribution is 0.269. The molecule has 0 aliphatic rings. The zero-order chi connectivity index (χ0) is 14.3. The van der Waals surface area contributed by atoms with Gasteiger partial charge in [-0.2, -0.15) is 0 Å². The van der Waals surface area contributed by atoms with Crippen molar-refractivity contribution in [1.82, 2.24) is 15.2 Å². The van der Waals surface area contributed by atoms with Gasteiger partial charge in [0.15, 0.2) is 0 Å². The van der Waals surface area contributed by atoms with Gasteiger partial charge in [-0.3, -0.25) is 0 Å². The number of pyridine rings is 1. The first-order valence-corrected chi connectivity index (χ1v) is 6.64. The van der Waals surface area contributed by atoms with Crippen molar-refractivity contribution in [3.05, 3.63) is 23.6 Å². The Hall–Kier alpha value is -1.20. The van der Waals surface area contributed by atoms with Gasteiger partial charge in [0.2, 0.25) is 5.88 Å². The maximum Gasteiger partial charge on any atom is 0.218 e. The molecule has 0 saturated heterocycles. The molecule has 0 fully saturated rings. The Bertz CT molecular complexity index is 383. The monoisotopic (exact) mass is 269 g/mol. The maximum absolute atomic E-state index is 13.2. The molecule has 108 valence electrons. The number of nitrogens with zero attached hydrogens (tertiary/aromatic N) is 2. The highest BCUT2D eigenvalue weighted by molar-refractivity contribution is 5.26. The van der Waals surface area contributed by atoms with Crippen molar-refractivity contribution in [2.75, 3.05) is 27.2 Å². The van der Waals surface area contributed by atoms with Crippen molar-refractivity contribution in [3.63, 3.8) is 0 Å². The Balaban J connectivity index is 2.55. The minimum atomic E-state index is -0.332. The predicted octanol–water partition coefficient (Wildman–Crippen LogP) is 2.05. The van der Waals surface area contributed by atoms with E-state index in [0.717, 1.165) is 18.5 Å². The average molecular weight is 269 g/mol. The number of rotatable bonds is 8. The molecule has 0 spiro atoms. The molecule has 1 N–H and O–H groups in total. The summed E-state index contributed by atoms with van der Waals surface area (Å²) in [7, 11) is 4.04. The van der Waals surface area contributed by atoms with E-state index in [0.29, 0.717) is 25.1 Å². The molecule has 0 aliphatic carbocycles. The quantitative estimate of drug-likeness (QED) is 0.733. The van der Waals surface area contributed by atoms with E-state index in [2.05, 4.69) is 15.2 Å². The topological polar surface area (TPSA) is 37.4 Å². The second-order valence-electron chi connectivity index (χ2n) is 5.16. The second kappa shape index (κ2) is 8.07. The van der Waals surface area contributed by atoms with E-state index in [4.69, 9.17) is 4.74 Å². The number of hydrogen-bond acceptors (Lipinski definition) is 4. The Kier molecular flexibility index (Phi) is 6.73. The summed E-state index contributed by atoms with van der Waals surface area (Å²) in [6, 6.07) is 1.81. The van der Waals surface area contributed by atoms with E-state index in [1.54, 1.807) is 0 Å². The lowest BCUT2D eigenvalue weighted by atomic mass is 10.2. The minimum absolute atomic E-state index is 0.332. The van der Waals surface area contributed by atoms with Gasteiger partial charge in [-0.25, -0.2) is 9.37 Å². The number of aromatic nitrogens is 1. The van der Waals surface area contributed by atoms with Crippen LogP contribution < -0.4 is 10.1 Å². The van der Waals surface area contributed by atoms with Crippen LogP contribution in [0.15, 0.2) is 12.3 Å². The highest BCUT2D eigenvalue weighted by Gasteiger charge is 2.08. The summed E-state index contributed by atoms with van der Waals surface area (Å²) in [5.41, 5.74) is 0.763. The summed E-state index contributed by atoms with van der Waals surface area (Å²) in [4.78, 5) is 6.12. The smallest absolute Gasteiger partial charge is 0.218 e. The van der Waals surface area contributed by atoms with Crippen LogP contribution in [-0.4, -0.2) is 43.2 Å². The predicted molar refractivity (Wildman–Crippen MR) is 74.8 cm³/mol. The van der Waals surface area contributed by atoms with E-state index in [-0.39, 0.29) is 5.82 Å². The van der Waals surface area contributed by atoms with E-state index in [1.807, 2.05) is 27.9 Å². The van der Waals surface area contributed by atoms with E-state index >= 15 is 0 Å². The van der Waals surface area contributed by atoms with E-state index in [1.165, 1.54) is 12.3 Å². The Morgan fingerprint density at radius 3 is 2.79 bits per heavy atom. The molecular weight excluding hydrogens is 245 g/mol. The molecule has 0 unspecified atom stereocenters. The summed E-state index contributed by atoms with van der Waals surface area (Å²) < 4.78 is 18.8. The van der Waals surface area contributed by atoms with Gasteiger partial charge in [0.1, 0.15) is 5.82 Å². The normalized spacial score (nSPS) is 11.3. The summed E-state index contributed by atoms with van der Waals surface area (Å²) >= 11 is 0. The molecule has 0 aromatic carbocycles. The number of hydrogen-bond donors (Lipinski definition) is 1. The van der Waals surface area contributed by atoms with Gasteiger partial charge in [0, 0.05) is 24.7 Å². The Morgan fingerprint density at radius 2 is 2.16 bits per heavy atom. The van der Waals surface area contributed by atoms with Gasteiger partial charge in [-0.1, -0.05) is 13.8 Å². The van der Waals surface area contributed by atoms with Crippen LogP contribution in [0.5, 0.6) is 5.88 Å². The molecule has 0 atom stereocenters. The zero-order valence-corrected chi connectivity index (χ0v) is 12.2. The molecule has 1 rings (SSSR count). The van der Waals surface area contributed by atoms with Crippen molar-refractivity contribution in [1.29, 1.82) is 0 Å². The fourth-order valence-electron chi connectivity index (χ4n) is 1.59. The molecule has 5 heteroatoms. The van der Waals surface area contributed by atoms with Crippen molar-refractivity contribution < 1.29 is 9.13 Å². The van der Waals surface area contributed by atoms with Crippen LogP contribution in [-0.2, 0) is 6.54 Å². The van der Waals surface area contributed by atoms with Crippen molar-refractivity contribution in [2.45, 2.75) is 32.9 Å². The minimum Gasteiger partial charge on any atom is -0.477 e.